The lowest BCUT2D eigenvalue weighted by Gasteiger charge is -2.40. The predicted molar refractivity (Wildman–Crippen MR) is 89.1 cm³/mol. The average molecular weight is 331 g/mol. The number of aromatic nitrogens is 4. The summed E-state index contributed by atoms with van der Waals surface area (Å²) < 4.78 is 1.65. The fraction of sp³-hybridized carbons (Fsp3) is 0.500. The van der Waals surface area contributed by atoms with E-state index in [0.717, 1.165) is 30.4 Å². The van der Waals surface area contributed by atoms with Crippen molar-refractivity contribution >= 4 is 17.7 Å². The van der Waals surface area contributed by atoms with Gasteiger partial charge in [-0.05, 0) is 22.4 Å². The summed E-state index contributed by atoms with van der Waals surface area (Å²) in [6, 6.07) is 10.5. The van der Waals surface area contributed by atoms with Gasteiger partial charge in [-0.15, -0.1) is 5.10 Å². The molecule has 2 aromatic rings. The molecule has 1 saturated heterocycles. The zero-order chi connectivity index (χ0) is 16.3. The number of carbonyl (C=O) groups excluding carboxylic acids is 1. The molecular formula is C16H21N5OS. The lowest BCUT2D eigenvalue weighted by Crippen LogP contribution is -2.48. The van der Waals surface area contributed by atoms with Crippen LogP contribution < -0.4 is 0 Å². The molecule has 2 heterocycles. The van der Waals surface area contributed by atoms with Crippen LogP contribution in [0.2, 0.25) is 0 Å². The van der Waals surface area contributed by atoms with E-state index in [4.69, 9.17) is 0 Å². The fourth-order valence-corrected chi connectivity index (χ4v) is 3.81. The Bertz CT molecular complexity index is 674. The van der Waals surface area contributed by atoms with Crippen molar-refractivity contribution in [3.05, 3.63) is 35.9 Å². The average Bonchev–Trinajstić information content (AvgIpc) is 2.97. The number of likely N-dealkylation sites (tertiary alicyclic amines) is 1. The second kappa shape index (κ2) is 6.70. The first kappa shape index (κ1) is 16.0. The number of nitrogens with zero attached hydrogens (tertiary/aromatic N) is 5. The summed E-state index contributed by atoms with van der Waals surface area (Å²) in [5, 5.41) is 12.2. The van der Waals surface area contributed by atoms with Gasteiger partial charge >= 0.3 is 0 Å². The Labute approximate surface area is 140 Å². The van der Waals surface area contributed by atoms with E-state index in [0.29, 0.717) is 6.42 Å². The first-order valence-corrected chi connectivity index (χ1v) is 8.75. The largest absolute Gasteiger partial charge is 0.341 e. The predicted octanol–water partition coefficient (Wildman–Crippen LogP) is 1.88. The normalized spacial score (nSPS) is 21.7. The zero-order valence-corrected chi connectivity index (χ0v) is 14.3. The summed E-state index contributed by atoms with van der Waals surface area (Å²) in [7, 11) is 1.82. The number of hydrogen-bond acceptors (Lipinski definition) is 5. The van der Waals surface area contributed by atoms with Crippen LogP contribution in [-0.2, 0) is 17.3 Å². The van der Waals surface area contributed by atoms with Crippen molar-refractivity contribution < 1.29 is 4.79 Å². The highest BCUT2D eigenvalue weighted by Gasteiger charge is 2.35. The highest BCUT2D eigenvalue weighted by atomic mass is 32.2. The van der Waals surface area contributed by atoms with Gasteiger partial charge in [0.05, 0.1) is 0 Å². The number of hydrogen-bond donors (Lipinski definition) is 0. The van der Waals surface area contributed by atoms with Gasteiger partial charge in [0.25, 0.3) is 0 Å². The van der Waals surface area contributed by atoms with Crippen LogP contribution in [0.25, 0.3) is 0 Å². The fourth-order valence-electron chi connectivity index (χ4n) is 3.00. The monoisotopic (exact) mass is 331 g/mol. The molecule has 1 unspecified atom stereocenters. The number of amides is 1. The first-order valence-electron chi connectivity index (χ1n) is 7.77. The van der Waals surface area contributed by atoms with Crippen LogP contribution in [0, 0.1) is 0 Å². The van der Waals surface area contributed by atoms with Gasteiger partial charge in [0.2, 0.25) is 11.1 Å². The number of thioether (sulfide) groups is 1. The number of carbonyl (C=O) groups is 1. The van der Waals surface area contributed by atoms with E-state index >= 15 is 0 Å². The van der Waals surface area contributed by atoms with Crippen LogP contribution >= 0.6 is 11.8 Å². The second-order valence-corrected chi connectivity index (χ2v) is 7.24. The Morgan fingerprint density at radius 3 is 2.78 bits per heavy atom. The van der Waals surface area contributed by atoms with Crippen molar-refractivity contribution in [3.63, 3.8) is 0 Å². The molecular weight excluding hydrogens is 310 g/mol. The van der Waals surface area contributed by atoms with Gasteiger partial charge in [-0.25, -0.2) is 4.68 Å². The van der Waals surface area contributed by atoms with Crippen molar-refractivity contribution in [2.45, 2.75) is 30.3 Å². The van der Waals surface area contributed by atoms with Crippen LogP contribution in [-0.4, -0.2) is 49.9 Å². The smallest absolute Gasteiger partial charge is 0.222 e. The molecule has 0 radical (unpaired) electrons. The Morgan fingerprint density at radius 2 is 2.09 bits per heavy atom. The Balaban J connectivity index is 1.62. The number of piperidine rings is 1. The highest BCUT2D eigenvalue weighted by molar-refractivity contribution is 7.99. The summed E-state index contributed by atoms with van der Waals surface area (Å²) in [4.78, 5) is 14.2. The van der Waals surface area contributed by atoms with Crippen LogP contribution in [0.5, 0.6) is 0 Å². The zero-order valence-electron chi connectivity index (χ0n) is 13.5. The maximum atomic E-state index is 12.2. The number of rotatable bonds is 5. The lowest BCUT2D eigenvalue weighted by atomic mass is 9.76. The molecule has 0 bridgehead atoms. The molecule has 7 heteroatoms. The Kier molecular flexibility index (Phi) is 4.66. The molecule has 0 N–H and O–H groups in total. The molecule has 1 amide bonds. The molecule has 0 spiro atoms. The molecule has 3 rings (SSSR count). The molecule has 6 nitrogen and oxygen atoms in total. The van der Waals surface area contributed by atoms with E-state index in [2.05, 4.69) is 46.7 Å². The van der Waals surface area contributed by atoms with Gasteiger partial charge in [0.1, 0.15) is 0 Å². The molecule has 1 aromatic heterocycles. The van der Waals surface area contributed by atoms with E-state index < -0.39 is 0 Å². The summed E-state index contributed by atoms with van der Waals surface area (Å²) in [5.41, 5.74) is 1.34. The Hall–Kier alpha value is -1.89. The van der Waals surface area contributed by atoms with E-state index in [1.54, 1.807) is 16.4 Å². The standard InChI is InChI=1S/C16H21N5OS/c1-16(13-6-4-3-5-7-13)9-8-14(22)21(12-16)10-11-23-15-17-18-19-20(15)2/h3-7H,8-12H2,1-2H3. The minimum Gasteiger partial charge on any atom is -0.341 e. The molecule has 23 heavy (non-hydrogen) atoms. The van der Waals surface area contributed by atoms with Crippen LogP contribution in [0.4, 0.5) is 0 Å². The van der Waals surface area contributed by atoms with Crippen molar-refractivity contribution in [2.75, 3.05) is 18.8 Å². The Morgan fingerprint density at radius 1 is 1.30 bits per heavy atom. The maximum absolute atomic E-state index is 12.2. The van der Waals surface area contributed by atoms with Crippen molar-refractivity contribution in [3.8, 4) is 0 Å². The summed E-state index contributed by atoms with van der Waals surface area (Å²) in [6.07, 6.45) is 1.52. The van der Waals surface area contributed by atoms with Crippen molar-refractivity contribution in [1.29, 1.82) is 0 Å². The van der Waals surface area contributed by atoms with Crippen LogP contribution in [0.3, 0.4) is 0 Å². The molecule has 1 fully saturated rings. The third-order valence-corrected chi connectivity index (χ3v) is 5.42. The third kappa shape index (κ3) is 3.55. The van der Waals surface area contributed by atoms with Crippen LogP contribution in [0.15, 0.2) is 35.5 Å². The molecule has 1 aromatic carbocycles. The van der Waals surface area contributed by atoms with Gasteiger partial charge in [-0.3, -0.25) is 4.79 Å². The van der Waals surface area contributed by atoms with Gasteiger partial charge in [0, 0.05) is 37.7 Å². The molecule has 1 aliphatic rings. The van der Waals surface area contributed by atoms with Gasteiger partial charge < -0.3 is 4.90 Å². The number of tetrazole rings is 1. The van der Waals surface area contributed by atoms with Crippen molar-refractivity contribution in [2.24, 2.45) is 7.05 Å². The minimum absolute atomic E-state index is 0.0339. The van der Waals surface area contributed by atoms with Crippen molar-refractivity contribution in [1.82, 2.24) is 25.1 Å². The number of benzene rings is 1. The quantitative estimate of drug-likeness (QED) is 0.783. The maximum Gasteiger partial charge on any atom is 0.222 e. The number of aryl methyl sites for hydroxylation is 1. The summed E-state index contributed by atoms with van der Waals surface area (Å²) >= 11 is 1.58. The molecule has 122 valence electrons. The first-order chi connectivity index (χ1) is 11.1. The van der Waals surface area contributed by atoms with Gasteiger partial charge in [-0.1, -0.05) is 49.0 Å². The molecule has 0 aliphatic carbocycles. The van der Waals surface area contributed by atoms with E-state index in [1.807, 2.05) is 18.0 Å². The second-order valence-electron chi connectivity index (χ2n) is 6.18. The van der Waals surface area contributed by atoms with E-state index in [9.17, 15) is 4.79 Å². The molecule has 0 saturated carbocycles. The summed E-state index contributed by atoms with van der Waals surface area (Å²) in [6.45, 7) is 3.74. The molecule has 1 aliphatic heterocycles. The van der Waals surface area contributed by atoms with E-state index in [-0.39, 0.29) is 11.3 Å². The van der Waals surface area contributed by atoms with Crippen LogP contribution in [0.1, 0.15) is 25.3 Å². The lowest BCUT2D eigenvalue weighted by molar-refractivity contribution is -0.134. The highest BCUT2D eigenvalue weighted by Crippen LogP contribution is 2.34. The van der Waals surface area contributed by atoms with Gasteiger partial charge in [0.15, 0.2) is 0 Å². The topological polar surface area (TPSA) is 63.9 Å². The third-order valence-electron chi connectivity index (χ3n) is 4.43. The SMILES string of the molecule is Cn1nnnc1SCCN1CC(C)(c2ccccc2)CCC1=O. The minimum atomic E-state index is 0.0339. The summed E-state index contributed by atoms with van der Waals surface area (Å²) in [5.74, 6) is 1.04. The van der Waals surface area contributed by atoms with Gasteiger partial charge in [-0.2, -0.15) is 0 Å². The molecule has 1 atom stereocenters. The van der Waals surface area contributed by atoms with E-state index in [1.165, 1.54) is 5.56 Å².